The molecule has 3 aromatic carbocycles. The van der Waals surface area contributed by atoms with Crippen LogP contribution >= 0.6 is 0 Å². The Morgan fingerprint density at radius 1 is 1.09 bits per heavy atom. The number of carbonyl (C=O) groups excluding carboxylic acids is 3. The first kappa shape index (κ1) is 23.0. The van der Waals surface area contributed by atoms with E-state index in [4.69, 9.17) is 9.47 Å². The SMILES string of the molecule is CCc1cccc(OCC(=O)c2ccc3c(c2)N(CC(=O)Nc2ccc(F)cc2)C(=O)CO3)c1. The normalized spacial score (nSPS) is 12.5. The fourth-order valence-electron chi connectivity index (χ4n) is 3.51. The molecule has 4 rings (SSSR count). The Morgan fingerprint density at radius 3 is 2.65 bits per heavy atom. The van der Waals surface area contributed by atoms with Gasteiger partial charge in [-0.05, 0) is 66.6 Å². The largest absolute Gasteiger partial charge is 0.485 e. The maximum absolute atomic E-state index is 13.1. The zero-order chi connectivity index (χ0) is 24.1. The minimum absolute atomic E-state index is 0.175. The lowest BCUT2D eigenvalue weighted by atomic mass is 10.1. The number of fused-ring (bicyclic) bond motifs is 1. The third-order valence-electron chi connectivity index (χ3n) is 5.33. The number of ketones is 1. The summed E-state index contributed by atoms with van der Waals surface area (Å²) in [6.07, 6.45) is 0.856. The van der Waals surface area contributed by atoms with Crippen molar-refractivity contribution in [1.82, 2.24) is 0 Å². The predicted molar refractivity (Wildman–Crippen MR) is 125 cm³/mol. The lowest BCUT2D eigenvalue weighted by Gasteiger charge is -2.29. The third-order valence-corrected chi connectivity index (χ3v) is 5.33. The van der Waals surface area contributed by atoms with E-state index in [1.54, 1.807) is 18.2 Å². The van der Waals surface area contributed by atoms with Crippen LogP contribution in [0.2, 0.25) is 0 Å². The molecule has 0 saturated carbocycles. The zero-order valence-electron chi connectivity index (χ0n) is 18.5. The van der Waals surface area contributed by atoms with Gasteiger partial charge in [0.1, 0.15) is 23.9 Å². The summed E-state index contributed by atoms with van der Waals surface area (Å²) in [6, 6.07) is 17.5. The van der Waals surface area contributed by atoms with E-state index in [1.165, 1.54) is 35.2 Å². The Kier molecular flexibility index (Phi) is 6.87. The highest BCUT2D eigenvalue weighted by molar-refractivity contribution is 6.06. The summed E-state index contributed by atoms with van der Waals surface area (Å²) in [7, 11) is 0. The van der Waals surface area contributed by atoms with Crippen molar-refractivity contribution in [3.63, 3.8) is 0 Å². The number of aryl methyl sites for hydroxylation is 1. The molecule has 0 atom stereocenters. The number of halogens is 1. The zero-order valence-corrected chi connectivity index (χ0v) is 18.5. The smallest absolute Gasteiger partial charge is 0.265 e. The minimum Gasteiger partial charge on any atom is -0.485 e. The number of carbonyl (C=O) groups is 3. The van der Waals surface area contributed by atoms with Gasteiger partial charge in [0, 0.05) is 11.3 Å². The number of nitrogens with one attached hydrogen (secondary N) is 1. The van der Waals surface area contributed by atoms with E-state index in [2.05, 4.69) is 5.32 Å². The number of nitrogens with zero attached hydrogens (tertiary/aromatic N) is 1. The van der Waals surface area contributed by atoms with Gasteiger partial charge in [-0.15, -0.1) is 0 Å². The van der Waals surface area contributed by atoms with Gasteiger partial charge in [0.15, 0.2) is 19.0 Å². The molecule has 7 nitrogen and oxygen atoms in total. The predicted octanol–water partition coefficient (Wildman–Crippen LogP) is 4.01. The van der Waals surface area contributed by atoms with Gasteiger partial charge in [-0.3, -0.25) is 19.3 Å². The molecule has 0 aliphatic carbocycles. The molecule has 174 valence electrons. The van der Waals surface area contributed by atoms with Crippen LogP contribution in [0.3, 0.4) is 0 Å². The fourth-order valence-corrected chi connectivity index (χ4v) is 3.51. The maximum atomic E-state index is 13.1. The van der Waals surface area contributed by atoms with Crippen LogP contribution in [0.4, 0.5) is 15.8 Å². The number of benzene rings is 3. The van der Waals surface area contributed by atoms with Crippen LogP contribution < -0.4 is 19.7 Å². The topological polar surface area (TPSA) is 84.9 Å². The number of amides is 2. The number of Topliss-reactive ketones (excluding diaryl/α,β-unsaturated/α-hetero) is 1. The lowest BCUT2D eigenvalue weighted by Crippen LogP contribution is -2.43. The maximum Gasteiger partial charge on any atom is 0.265 e. The van der Waals surface area contributed by atoms with Crippen molar-refractivity contribution in [2.75, 3.05) is 30.0 Å². The van der Waals surface area contributed by atoms with Crippen molar-refractivity contribution in [1.29, 1.82) is 0 Å². The second-order valence-corrected chi connectivity index (χ2v) is 7.72. The molecule has 3 aromatic rings. The molecule has 0 bridgehead atoms. The molecule has 1 aliphatic heterocycles. The summed E-state index contributed by atoms with van der Waals surface area (Å²) >= 11 is 0. The number of hydrogen-bond acceptors (Lipinski definition) is 5. The van der Waals surface area contributed by atoms with E-state index in [1.807, 2.05) is 25.1 Å². The van der Waals surface area contributed by atoms with Crippen molar-refractivity contribution in [3.05, 3.63) is 83.7 Å². The standard InChI is InChI=1S/C26H23FN2O5/c1-2-17-4-3-5-21(12-17)33-15-23(30)18-6-11-24-22(13-18)29(26(32)16-34-24)14-25(31)28-20-9-7-19(27)8-10-20/h3-13H,2,14-16H2,1H3,(H,28,31). The molecule has 1 aliphatic rings. The van der Waals surface area contributed by atoms with Crippen LogP contribution in [0.25, 0.3) is 0 Å². The van der Waals surface area contributed by atoms with E-state index in [9.17, 15) is 18.8 Å². The van der Waals surface area contributed by atoms with Gasteiger partial charge in [-0.25, -0.2) is 4.39 Å². The highest BCUT2D eigenvalue weighted by atomic mass is 19.1. The Balaban J connectivity index is 1.47. The average Bonchev–Trinajstić information content (AvgIpc) is 2.85. The summed E-state index contributed by atoms with van der Waals surface area (Å²) in [6.45, 7) is 1.35. The Hall–Kier alpha value is -4.20. The Bertz CT molecular complexity index is 1230. The number of anilines is 2. The van der Waals surface area contributed by atoms with Gasteiger partial charge < -0.3 is 14.8 Å². The summed E-state index contributed by atoms with van der Waals surface area (Å²) in [5, 5.41) is 2.63. The molecule has 0 radical (unpaired) electrons. The van der Waals surface area contributed by atoms with Crippen molar-refractivity contribution in [2.45, 2.75) is 13.3 Å². The van der Waals surface area contributed by atoms with Crippen molar-refractivity contribution >= 4 is 29.0 Å². The van der Waals surface area contributed by atoms with Crippen molar-refractivity contribution in [2.24, 2.45) is 0 Å². The molecular formula is C26H23FN2O5. The number of hydrogen-bond donors (Lipinski definition) is 1. The molecule has 0 saturated heterocycles. The molecule has 0 spiro atoms. The first-order valence-corrected chi connectivity index (χ1v) is 10.8. The van der Waals surface area contributed by atoms with Crippen LogP contribution in [0.1, 0.15) is 22.8 Å². The monoisotopic (exact) mass is 462 g/mol. The van der Waals surface area contributed by atoms with Gasteiger partial charge in [0.25, 0.3) is 5.91 Å². The Labute approximate surface area is 196 Å². The first-order chi connectivity index (χ1) is 16.4. The van der Waals surface area contributed by atoms with Crippen LogP contribution in [0.15, 0.2) is 66.7 Å². The Morgan fingerprint density at radius 2 is 1.88 bits per heavy atom. The van der Waals surface area contributed by atoms with Crippen molar-refractivity contribution in [3.8, 4) is 11.5 Å². The second-order valence-electron chi connectivity index (χ2n) is 7.72. The van der Waals surface area contributed by atoms with Crippen LogP contribution in [0, 0.1) is 5.82 Å². The van der Waals surface area contributed by atoms with Crippen LogP contribution in [-0.4, -0.2) is 37.4 Å². The van der Waals surface area contributed by atoms with Crippen LogP contribution in [0.5, 0.6) is 11.5 Å². The van der Waals surface area contributed by atoms with E-state index < -0.39 is 17.6 Å². The number of rotatable bonds is 8. The summed E-state index contributed by atoms with van der Waals surface area (Å²) < 4.78 is 24.2. The van der Waals surface area contributed by atoms with Gasteiger partial charge in [-0.1, -0.05) is 19.1 Å². The molecular weight excluding hydrogens is 439 g/mol. The summed E-state index contributed by atoms with van der Waals surface area (Å²) in [4.78, 5) is 39.1. The van der Waals surface area contributed by atoms with Gasteiger partial charge in [-0.2, -0.15) is 0 Å². The van der Waals surface area contributed by atoms with Gasteiger partial charge in [0.05, 0.1) is 5.69 Å². The molecule has 34 heavy (non-hydrogen) atoms. The quantitative estimate of drug-likeness (QED) is 0.512. The van der Waals surface area contributed by atoms with Crippen LogP contribution in [-0.2, 0) is 16.0 Å². The van der Waals surface area contributed by atoms with Gasteiger partial charge >= 0.3 is 0 Å². The highest BCUT2D eigenvalue weighted by Crippen LogP contribution is 2.33. The lowest BCUT2D eigenvalue weighted by molar-refractivity contribution is -0.123. The molecule has 8 heteroatoms. The third kappa shape index (κ3) is 5.40. The molecule has 1 heterocycles. The molecule has 0 fully saturated rings. The van der Waals surface area contributed by atoms with E-state index in [0.29, 0.717) is 28.4 Å². The van der Waals surface area contributed by atoms with E-state index >= 15 is 0 Å². The first-order valence-electron chi connectivity index (χ1n) is 10.8. The van der Waals surface area contributed by atoms with Gasteiger partial charge in [0.2, 0.25) is 5.91 Å². The average molecular weight is 462 g/mol. The second kappa shape index (κ2) is 10.2. The highest BCUT2D eigenvalue weighted by Gasteiger charge is 2.28. The number of ether oxygens (including phenoxy) is 2. The molecule has 0 aromatic heterocycles. The van der Waals surface area contributed by atoms with E-state index in [-0.39, 0.29) is 25.5 Å². The van der Waals surface area contributed by atoms with E-state index in [0.717, 1.165) is 12.0 Å². The molecule has 0 unspecified atom stereocenters. The van der Waals surface area contributed by atoms with Crippen molar-refractivity contribution < 1.29 is 28.2 Å². The molecule has 1 N–H and O–H groups in total. The summed E-state index contributed by atoms with van der Waals surface area (Å²) in [5.41, 5.74) is 2.15. The molecule has 2 amide bonds. The minimum atomic E-state index is -0.469. The fraction of sp³-hybridized carbons (Fsp3) is 0.192. The summed E-state index contributed by atoms with van der Waals surface area (Å²) in [5.74, 6) is -0.596.